The smallest absolute Gasteiger partial charge is 0.226 e. The third-order valence-electron chi connectivity index (χ3n) is 4.70. The summed E-state index contributed by atoms with van der Waals surface area (Å²) in [7, 11) is 1.88. The van der Waals surface area contributed by atoms with Gasteiger partial charge in [0, 0.05) is 25.7 Å². The summed E-state index contributed by atoms with van der Waals surface area (Å²) < 4.78 is 1.76. The van der Waals surface area contributed by atoms with Crippen molar-refractivity contribution in [2.24, 2.45) is 13.0 Å². The van der Waals surface area contributed by atoms with Gasteiger partial charge in [0.15, 0.2) is 0 Å². The van der Waals surface area contributed by atoms with Crippen molar-refractivity contribution in [3.8, 4) is 0 Å². The van der Waals surface area contributed by atoms with Crippen LogP contribution in [0.5, 0.6) is 0 Å². The molecule has 20 heavy (non-hydrogen) atoms. The molecule has 1 aromatic heterocycles. The molecule has 2 fully saturated rings. The summed E-state index contributed by atoms with van der Waals surface area (Å²) in [6.45, 7) is 0.696. The Morgan fingerprint density at radius 3 is 2.80 bits per heavy atom. The highest BCUT2D eigenvalue weighted by molar-refractivity contribution is 5.79. The summed E-state index contributed by atoms with van der Waals surface area (Å²) in [5.41, 5.74) is 1.09. The zero-order valence-corrected chi connectivity index (χ0v) is 12.0. The normalized spacial score (nSPS) is 27.4. The Morgan fingerprint density at radius 1 is 1.40 bits per heavy atom. The summed E-state index contributed by atoms with van der Waals surface area (Å²) in [5, 5.41) is 14.4. The number of aryl methyl sites for hydroxylation is 1. The zero-order valence-electron chi connectivity index (χ0n) is 12.0. The lowest BCUT2D eigenvalue weighted by atomic mass is 10.0. The second kappa shape index (κ2) is 5.56. The van der Waals surface area contributed by atoms with Crippen molar-refractivity contribution >= 4 is 5.91 Å². The van der Waals surface area contributed by atoms with Crippen molar-refractivity contribution in [1.29, 1.82) is 0 Å². The van der Waals surface area contributed by atoms with E-state index in [2.05, 4.69) is 5.10 Å². The van der Waals surface area contributed by atoms with E-state index in [1.807, 2.05) is 24.3 Å². The molecule has 1 saturated heterocycles. The maximum absolute atomic E-state index is 12.6. The molecule has 0 aromatic carbocycles. The summed E-state index contributed by atoms with van der Waals surface area (Å²) in [5.74, 6) is 0.449. The van der Waals surface area contributed by atoms with Gasteiger partial charge in [-0.2, -0.15) is 5.10 Å². The van der Waals surface area contributed by atoms with Crippen LogP contribution < -0.4 is 0 Å². The van der Waals surface area contributed by atoms with E-state index in [4.69, 9.17) is 0 Å². The SMILES string of the molecule is Cn1cc(C[C@@H]2[C@H](O)CCN2C(=O)C2CCCC2)cn1. The fourth-order valence-corrected chi connectivity index (χ4v) is 3.58. The Labute approximate surface area is 119 Å². The van der Waals surface area contributed by atoms with Gasteiger partial charge in [-0.25, -0.2) is 0 Å². The minimum Gasteiger partial charge on any atom is -0.391 e. The fourth-order valence-electron chi connectivity index (χ4n) is 3.58. The van der Waals surface area contributed by atoms with Gasteiger partial charge in [0.05, 0.1) is 18.3 Å². The van der Waals surface area contributed by atoms with Crippen LogP contribution in [0.1, 0.15) is 37.7 Å². The number of aromatic nitrogens is 2. The van der Waals surface area contributed by atoms with Crippen LogP contribution in [0.25, 0.3) is 0 Å². The predicted molar refractivity (Wildman–Crippen MR) is 75.0 cm³/mol. The van der Waals surface area contributed by atoms with Gasteiger partial charge in [-0.05, 0) is 31.2 Å². The van der Waals surface area contributed by atoms with E-state index >= 15 is 0 Å². The van der Waals surface area contributed by atoms with Gasteiger partial charge in [-0.15, -0.1) is 0 Å². The number of carbonyl (C=O) groups is 1. The Bertz CT molecular complexity index is 479. The van der Waals surface area contributed by atoms with E-state index in [1.165, 1.54) is 12.8 Å². The molecule has 3 rings (SSSR count). The van der Waals surface area contributed by atoms with Gasteiger partial charge in [0.2, 0.25) is 5.91 Å². The fraction of sp³-hybridized carbons (Fsp3) is 0.733. The molecule has 0 radical (unpaired) electrons. The highest BCUT2D eigenvalue weighted by Crippen LogP contribution is 2.30. The van der Waals surface area contributed by atoms with Crippen molar-refractivity contribution in [3.63, 3.8) is 0 Å². The molecule has 1 aliphatic heterocycles. The molecule has 1 aromatic rings. The van der Waals surface area contributed by atoms with Crippen molar-refractivity contribution in [1.82, 2.24) is 14.7 Å². The number of amides is 1. The number of nitrogens with zero attached hydrogens (tertiary/aromatic N) is 3. The number of carbonyl (C=O) groups excluding carboxylic acids is 1. The highest BCUT2D eigenvalue weighted by Gasteiger charge is 2.39. The van der Waals surface area contributed by atoms with Crippen LogP contribution in [0.2, 0.25) is 0 Å². The largest absolute Gasteiger partial charge is 0.391 e. The third kappa shape index (κ3) is 2.59. The van der Waals surface area contributed by atoms with Crippen LogP contribution >= 0.6 is 0 Å². The standard InChI is InChI=1S/C15H23N3O2/c1-17-10-11(9-16-17)8-13-14(19)6-7-18(13)15(20)12-4-2-3-5-12/h9-10,12-14,19H,2-8H2,1H3/t13-,14-/m1/s1. The van der Waals surface area contributed by atoms with Crippen LogP contribution in [0, 0.1) is 5.92 Å². The number of aliphatic hydroxyl groups is 1. The Balaban J connectivity index is 1.71. The topological polar surface area (TPSA) is 58.4 Å². The average Bonchev–Trinajstić information content (AvgIpc) is 3.13. The van der Waals surface area contributed by atoms with Crippen LogP contribution in [-0.2, 0) is 18.3 Å². The van der Waals surface area contributed by atoms with Gasteiger partial charge >= 0.3 is 0 Å². The van der Waals surface area contributed by atoms with Crippen LogP contribution in [0.3, 0.4) is 0 Å². The Hall–Kier alpha value is -1.36. The Morgan fingerprint density at radius 2 is 2.15 bits per heavy atom. The monoisotopic (exact) mass is 277 g/mol. The zero-order chi connectivity index (χ0) is 14.1. The summed E-state index contributed by atoms with van der Waals surface area (Å²) in [6.07, 6.45) is 9.15. The molecule has 2 atom stereocenters. The lowest BCUT2D eigenvalue weighted by Gasteiger charge is -2.28. The molecule has 1 N–H and O–H groups in total. The molecule has 1 amide bonds. The maximum atomic E-state index is 12.6. The first-order chi connectivity index (χ1) is 9.65. The van der Waals surface area contributed by atoms with E-state index in [1.54, 1.807) is 4.68 Å². The van der Waals surface area contributed by atoms with Crippen molar-refractivity contribution in [3.05, 3.63) is 18.0 Å². The van der Waals surface area contributed by atoms with E-state index in [0.717, 1.165) is 18.4 Å². The number of likely N-dealkylation sites (tertiary alicyclic amines) is 1. The molecular weight excluding hydrogens is 254 g/mol. The molecule has 2 heterocycles. The van der Waals surface area contributed by atoms with Gasteiger partial charge < -0.3 is 10.0 Å². The van der Waals surface area contributed by atoms with Gasteiger partial charge in [0.25, 0.3) is 0 Å². The number of aliphatic hydroxyl groups excluding tert-OH is 1. The number of hydrogen-bond acceptors (Lipinski definition) is 3. The second-order valence-corrected chi connectivity index (χ2v) is 6.16. The highest BCUT2D eigenvalue weighted by atomic mass is 16.3. The molecule has 2 aliphatic rings. The Kier molecular flexibility index (Phi) is 3.78. The maximum Gasteiger partial charge on any atom is 0.226 e. The first-order valence-electron chi connectivity index (χ1n) is 7.61. The van der Waals surface area contributed by atoms with Crippen molar-refractivity contribution < 1.29 is 9.90 Å². The van der Waals surface area contributed by atoms with E-state index in [0.29, 0.717) is 19.4 Å². The first kappa shape index (κ1) is 13.6. The average molecular weight is 277 g/mol. The van der Waals surface area contributed by atoms with Crippen LogP contribution in [0.15, 0.2) is 12.4 Å². The minimum absolute atomic E-state index is 0.0766. The van der Waals surface area contributed by atoms with Crippen LogP contribution in [0.4, 0.5) is 0 Å². The molecule has 110 valence electrons. The minimum atomic E-state index is -0.402. The van der Waals surface area contributed by atoms with E-state index < -0.39 is 6.10 Å². The molecule has 0 spiro atoms. The predicted octanol–water partition coefficient (Wildman–Crippen LogP) is 1.11. The summed E-state index contributed by atoms with van der Waals surface area (Å²) in [6, 6.07) is -0.0766. The molecule has 0 bridgehead atoms. The number of rotatable bonds is 3. The molecule has 1 aliphatic carbocycles. The lowest BCUT2D eigenvalue weighted by molar-refractivity contribution is -0.137. The molecule has 5 nitrogen and oxygen atoms in total. The third-order valence-corrected chi connectivity index (χ3v) is 4.70. The van der Waals surface area contributed by atoms with Crippen molar-refractivity contribution in [2.75, 3.05) is 6.54 Å². The van der Waals surface area contributed by atoms with Crippen molar-refractivity contribution in [2.45, 2.75) is 50.7 Å². The lowest BCUT2D eigenvalue weighted by Crippen LogP contribution is -2.43. The van der Waals surface area contributed by atoms with Gasteiger partial charge in [-0.3, -0.25) is 9.48 Å². The molecule has 0 unspecified atom stereocenters. The molecule has 5 heteroatoms. The summed E-state index contributed by atoms with van der Waals surface area (Å²) in [4.78, 5) is 14.5. The summed E-state index contributed by atoms with van der Waals surface area (Å²) >= 11 is 0. The quantitative estimate of drug-likeness (QED) is 0.900. The first-order valence-corrected chi connectivity index (χ1v) is 7.61. The number of hydrogen-bond donors (Lipinski definition) is 1. The van der Waals surface area contributed by atoms with E-state index in [9.17, 15) is 9.90 Å². The van der Waals surface area contributed by atoms with E-state index in [-0.39, 0.29) is 17.9 Å². The molecule has 1 saturated carbocycles. The van der Waals surface area contributed by atoms with Crippen LogP contribution in [-0.4, -0.2) is 44.4 Å². The van der Waals surface area contributed by atoms with Gasteiger partial charge in [-0.1, -0.05) is 12.8 Å². The molecular formula is C15H23N3O2. The van der Waals surface area contributed by atoms with Gasteiger partial charge in [0.1, 0.15) is 0 Å². The second-order valence-electron chi connectivity index (χ2n) is 6.16.